The van der Waals surface area contributed by atoms with E-state index >= 15 is 0 Å². The molecule has 0 amide bonds. The maximum atomic E-state index is 11.3. The van der Waals surface area contributed by atoms with Crippen LogP contribution < -0.4 is 5.32 Å². The Morgan fingerprint density at radius 3 is 2.62 bits per heavy atom. The summed E-state index contributed by atoms with van der Waals surface area (Å²) < 4.78 is 0. The Morgan fingerprint density at radius 2 is 2.19 bits per heavy atom. The lowest BCUT2D eigenvalue weighted by molar-refractivity contribution is -0.144. The third-order valence-corrected chi connectivity index (χ3v) is 3.43. The Labute approximate surface area is 95.5 Å². The van der Waals surface area contributed by atoms with Gasteiger partial charge in [-0.15, -0.1) is 0 Å². The van der Waals surface area contributed by atoms with Crippen molar-refractivity contribution in [1.82, 2.24) is 5.32 Å². The molecule has 1 atom stereocenters. The first-order valence-corrected chi connectivity index (χ1v) is 5.57. The van der Waals surface area contributed by atoms with Crippen LogP contribution in [0.3, 0.4) is 0 Å². The molecule has 1 saturated carbocycles. The largest absolute Gasteiger partial charge is 0.481 e. The fourth-order valence-corrected chi connectivity index (χ4v) is 2.37. The second-order valence-corrected chi connectivity index (χ2v) is 4.60. The predicted molar refractivity (Wildman–Crippen MR) is 62.3 cm³/mol. The minimum atomic E-state index is -0.687. The van der Waals surface area contributed by atoms with Crippen LogP contribution in [0.2, 0.25) is 0 Å². The van der Waals surface area contributed by atoms with Crippen LogP contribution in [0.5, 0.6) is 0 Å². The minimum Gasteiger partial charge on any atom is -0.481 e. The minimum absolute atomic E-state index is 0.0788. The van der Waals surface area contributed by atoms with E-state index in [0.717, 1.165) is 18.4 Å². The first-order valence-electron chi connectivity index (χ1n) is 5.57. The van der Waals surface area contributed by atoms with E-state index in [2.05, 4.69) is 11.4 Å². The third-order valence-electron chi connectivity index (χ3n) is 3.43. The lowest BCUT2D eigenvalue weighted by Gasteiger charge is -2.23. The second-order valence-electron chi connectivity index (χ2n) is 4.60. The van der Waals surface area contributed by atoms with Crippen LogP contribution >= 0.6 is 0 Å². The smallest absolute Gasteiger partial charge is 0.311 e. The summed E-state index contributed by atoms with van der Waals surface area (Å²) in [4.78, 5) is 11.3. The molecule has 2 N–H and O–H groups in total. The monoisotopic (exact) mass is 219 g/mol. The summed E-state index contributed by atoms with van der Waals surface area (Å²) in [6.45, 7) is 2.02. The predicted octanol–water partition coefficient (Wildman–Crippen LogP) is 2.12. The average molecular weight is 219 g/mol. The summed E-state index contributed by atoms with van der Waals surface area (Å²) >= 11 is 0. The molecule has 0 aromatic heterocycles. The van der Waals surface area contributed by atoms with Crippen LogP contribution in [0.25, 0.3) is 0 Å². The molecular formula is C13H17NO2. The zero-order valence-electron chi connectivity index (χ0n) is 9.66. The van der Waals surface area contributed by atoms with E-state index in [4.69, 9.17) is 0 Å². The molecule has 3 nitrogen and oxygen atoms in total. The number of carboxylic acids is 1. The van der Waals surface area contributed by atoms with Crippen LogP contribution in [0, 0.1) is 12.3 Å². The topological polar surface area (TPSA) is 49.3 Å². The number of hydrogen-bond donors (Lipinski definition) is 2. The molecule has 86 valence electrons. The molecule has 0 heterocycles. The number of carbonyl (C=O) groups is 1. The van der Waals surface area contributed by atoms with E-state index in [0.29, 0.717) is 0 Å². The fourth-order valence-electron chi connectivity index (χ4n) is 2.37. The summed E-state index contributed by atoms with van der Waals surface area (Å²) in [6, 6.07) is 7.98. The van der Waals surface area contributed by atoms with Crippen molar-refractivity contribution in [3.63, 3.8) is 0 Å². The molecule has 0 aliphatic heterocycles. The standard InChI is InChI=1S/C13H17NO2/c1-9-4-3-5-10(8-9)11(14-2)13(6-7-13)12(15)16/h3-5,8,11,14H,6-7H2,1-2H3,(H,15,16). The highest BCUT2D eigenvalue weighted by Crippen LogP contribution is 2.55. The summed E-state index contributed by atoms with van der Waals surface area (Å²) in [5.74, 6) is -0.687. The molecule has 1 aliphatic carbocycles. The number of nitrogens with one attached hydrogen (secondary N) is 1. The van der Waals surface area contributed by atoms with Crippen molar-refractivity contribution < 1.29 is 9.90 Å². The van der Waals surface area contributed by atoms with Gasteiger partial charge in [0.25, 0.3) is 0 Å². The van der Waals surface area contributed by atoms with Crippen LogP contribution in [-0.4, -0.2) is 18.1 Å². The van der Waals surface area contributed by atoms with E-state index < -0.39 is 11.4 Å². The van der Waals surface area contributed by atoms with Gasteiger partial charge in [-0.1, -0.05) is 29.8 Å². The normalized spacial score (nSPS) is 19.1. The van der Waals surface area contributed by atoms with Crippen molar-refractivity contribution in [1.29, 1.82) is 0 Å². The molecule has 1 aromatic carbocycles. The van der Waals surface area contributed by atoms with Crippen molar-refractivity contribution in [3.05, 3.63) is 35.4 Å². The molecule has 1 aromatic rings. The highest BCUT2D eigenvalue weighted by atomic mass is 16.4. The summed E-state index contributed by atoms with van der Waals surface area (Å²) in [5, 5.41) is 12.4. The van der Waals surface area contributed by atoms with Gasteiger partial charge in [-0.2, -0.15) is 0 Å². The Morgan fingerprint density at radius 1 is 1.50 bits per heavy atom. The first-order chi connectivity index (χ1) is 7.60. The Kier molecular flexibility index (Phi) is 2.72. The van der Waals surface area contributed by atoms with Crippen molar-refractivity contribution >= 4 is 5.97 Å². The van der Waals surface area contributed by atoms with E-state index in [9.17, 15) is 9.90 Å². The summed E-state index contributed by atoms with van der Waals surface area (Å²) in [5.41, 5.74) is 1.66. The number of benzene rings is 1. The van der Waals surface area contributed by atoms with Gasteiger partial charge in [0.05, 0.1) is 5.41 Å². The molecule has 3 heteroatoms. The SMILES string of the molecule is CNC(c1cccc(C)c1)C1(C(=O)O)CC1. The summed E-state index contributed by atoms with van der Waals surface area (Å²) in [7, 11) is 1.83. The molecular weight excluding hydrogens is 202 g/mol. The lowest BCUT2D eigenvalue weighted by atomic mass is 9.89. The van der Waals surface area contributed by atoms with Crippen LogP contribution in [0.1, 0.15) is 30.0 Å². The highest BCUT2D eigenvalue weighted by Gasteiger charge is 2.56. The molecule has 2 rings (SSSR count). The quantitative estimate of drug-likeness (QED) is 0.815. The van der Waals surface area contributed by atoms with Gasteiger partial charge in [0.2, 0.25) is 0 Å². The molecule has 16 heavy (non-hydrogen) atoms. The van der Waals surface area contributed by atoms with Crippen molar-refractivity contribution in [2.75, 3.05) is 7.05 Å². The average Bonchev–Trinajstić information content (AvgIpc) is 3.00. The maximum Gasteiger partial charge on any atom is 0.311 e. The van der Waals surface area contributed by atoms with E-state index in [1.165, 1.54) is 5.56 Å². The third kappa shape index (κ3) is 1.71. The van der Waals surface area contributed by atoms with Crippen LogP contribution in [-0.2, 0) is 4.79 Å². The molecule has 0 saturated heterocycles. The number of aryl methyl sites for hydroxylation is 1. The fraction of sp³-hybridized carbons (Fsp3) is 0.462. The molecule has 0 bridgehead atoms. The van der Waals surface area contributed by atoms with E-state index in [-0.39, 0.29) is 6.04 Å². The lowest BCUT2D eigenvalue weighted by Crippen LogP contribution is -2.32. The molecule has 1 aliphatic rings. The number of aliphatic carboxylic acids is 1. The maximum absolute atomic E-state index is 11.3. The number of rotatable bonds is 4. The molecule has 0 spiro atoms. The van der Waals surface area contributed by atoms with Crippen molar-refractivity contribution in [2.24, 2.45) is 5.41 Å². The first kappa shape index (κ1) is 11.1. The van der Waals surface area contributed by atoms with Gasteiger partial charge in [-0.05, 0) is 32.4 Å². The zero-order chi connectivity index (χ0) is 11.8. The van der Waals surface area contributed by atoms with Gasteiger partial charge in [-0.25, -0.2) is 0 Å². The Hall–Kier alpha value is -1.35. The second kappa shape index (κ2) is 3.91. The van der Waals surface area contributed by atoms with Crippen LogP contribution in [0.15, 0.2) is 24.3 Å². The van der Waals surface area contributed by atoms with Crippen LogP contribution in [0.4, 0.5) is 0 Å². The van der Waals surface area contributed by atoms with E-state index in [1.54, 1.807) is 0 Å². The highest BCUT2D eigenvalue weighted by molar-refractivity contribution is 5.79. The van der Waals surface area contributed by atoms with Gasteiger partial charge in [0.1, 0.15) is 0 Å². The molecule has 1 fully saturated rings. The Bertz CT molecular complexity index is 410. The van der Waals surface area contributed by atoms with Crippen molar-refractivity contribution in [3.8, 4) is 0 Å². The molecule has 1 unspecified atom stereocenters. The zero-order valence-corrected chi connectivity index (χ0v) is 9.66. The van der Waals surface area contributed by atoms with Gasteiger partial charge < -0.3 is 10.4 Å². The van der Waals surface area contributed by atoms with Crippen molar-refractivity contribution in [2.45, 2.75) is 25.8 Å². The van der Waals surface area contributed by atoms with Gasteiger partial charge >= 0.3 is 5.97 Å². The summed E-state index contributed by atoms with van der Waals surface area (Å²) in [6.07, 6.45) is 1.53. The number of carboxylic acid groups (broad SMARTS) is 1. The molecule has 0 radical (unpaired) electrons. The van der Waals surface area contributed by atoms with Gasteiger partial charge in [0, 0.05) is 6.04 Å². The number of hydrogen-bond acceptors (Lipinski definition) is 2. The Balaban J connectivity index is 2.33. The van der Waals surface area contributed by atoms with Gasteiger partial charge in [-0.3, -0.25) is 4.79 Å². The van der Waals surface area contributed by atoms with E-state index in [1.807, 2.05) is 32.2 Å². The van der Waals surface area contributed by atoms with Gasteiger partial charge in [0.15, 0.2) is 0 Å².